The molecular formula is C25H28N2O3. The van der Waals surface area contributed by atoms with E-state index in [2.05, 4.69) is 9.47 Å². The fourth-order valence-electron chi connectivity index (χ4n) is 4.21. The Morgan fingerprint density at radius 3 is 2.40 bits per heavy atom. The molecule has 2 heterocycles. The van der Waals surface area contributed by atoms with Crippen LogP contribution in [0.5, 0.6) is 11.5 Å². The van der Waals surface area contributed by atoms with Crippen LogP contribution in [0.3, 0.4) is 0 Å². The zero-order valence-electron chi connectivity index (χ0n) is 17.4. The van der Waals surface area contributed by atoms with E-state index in [1.54, 1.807) is 6.20 Å². The van der Waals surface area contributed by atoms with Crippen molar-refractivity contribution in [2.75, 3.05) is 19.6 Å². The Bertz CT molecular complexity index is 1000. The Kier molecular flexibility index (Phi) is 6.19. The molecule has 3 aromatic rings. The summed E-state index contributed by atoms with van der Waals surface area (Å²) >= 11 is 0. The number of nitrogens with zero attached hydrogens (tertiary/aromatic N) is 2. The number of carboxylic acids is 1. The lowest BCUT2D eigenvalue weighted by molar-refractivity contribution is 0.0696. The van der Waals surface area contributed by atoms with Crippen molar-refractivity contribution in [2.24, 2.45) is 0 Å². The third kappa shape index (κ3) is 4.41. The highest BCUT2D eigenvalue weighted by atomic mass is 16.5. The van der Waals surface area contributed by atoms with Crippen LogP contribution in [0.2, 0.25) is 0 Å². The molecule has 1 fully saturated rings. The molecule has 5 nitrogen and oxygen atoms in total. The van der Waals surface area contributed by atoms with Gasteiger partial charge < -0.3 is 19.3 Å². The third-order valence-electron chi connectivity index (χ3n) is 5.78. The molecule has 1 saturated heterocycles. The van der Waals surface area contributed by atoms with Crippen molar-refractivity contribution >= 4 is 5.97 Å². The van der Waals surface area contributed by atoms with E-state index >= 15 is 0 Å². The fraction of sp³-hybridized carbons (Fsp3) is 0.320. The molecule has 0 atom stereocenters. The van der Waals surface area contributed by atoms with Gasteiger partial charge in [-0.25, -0.2) is 4.79 Å². The molecule has 0 unspecified atom stereocenters. The molecule has 156 valence electrons. The molecule has 1 N–H and O–H groups in total. The van der Waals surface area contributed by atoms with E-state index in [9.17, 15) is 9.90 Å². The summed E-state index contributed by atoms with van der Waals surface area (Å²) in [7, 11) is 0. The number of hydrogen-bond acceptors (Lipinski definition) is 3. The van der Waals surface area contributed by atoms with Gasteiger partial charge >= 0.3 is 5.97 Å². The van der Waals surface area contributed by atoms with Crippen LogP contribution in [0.25, 0.3) is 11.3 Å². The maximum Gasteiger partial charge on any atom is 0.337 e. The topological polar surface area (TPSA) is 54.7 Å². The van der Waals surface area contributed by atoms with Gasteiger partial charge in [0.05, 0.1) is 11.3 Å². The highest BCUT2D eigenvalue weighted by Crippen LogP contribution is 2.37. The first kappa shape index (κ1) is 20.2. The Labute approximate surface area is 177 Å². The maximum absolute atomic E-state index is 11.8. The van der Waals surface area contributed by atoms with E-state index < -0.39 is 5.97 Å². The van der Waals surface area contributed by atoms with E-state index in [4.69, 9.17) is 4.74 Å². The zero-order valence-corrected chi connectivity index (χ0v) is 17.4. The quantitative estimate of drug-likeness (QED) is 0.570. The van der Waals surface area contributed by atoms with E-state index in [1.807, 2.05) is 61.5 Å². The van der Waals surface area contributed by atoms with Gasteiger partial charge in [-0.3, -0.25) is 0 Å². The van der Waals surface area contributed by atoms with Crippen LogP contribution in [0.1, 0.15) is 35.2 Å². The molecular weight excluding hydrogens is 376 g/mol. The van der Waals surface area contributed by atoms with Crippen LogP contribution < -0.4 is 4.74 Å². The highest BCUT2D eigenvalue weighted by molar-refractivity contribution is 5.92. The standard InChI is InChI=1S/C25H28N2O3/c1-19-22(25(28)29)18-27(17-16-26-14-8-3-9-15-26)24(19)21-12-6-7-13-23(21)30-20-10-4-2-5-11-20/h2,4-7,10-13,18H,3,8-9,14-17H2,1H3,(H,28,29). The molecule has 2 aromatic carbocycles. The zero-order chi connectivity index (χ0) is 20.9. The first-order valence-corrected chi connectivity index (χ1v) is 10.6. The Hall–Kier alpha value is -3.05. The Morgan fingerprint density at radius 1 is 0.967 bits per heavy atom. The summed E-state index contributed by atoms with van der Waals surface area (Å²) in [5.41, 5.74) is 2.93. The smallest absolute Gasteiger partial charge is 0.337 e. The lowest BCUT2D eigenvalue weighted by Gasteiger charge is -2.27. The second kappa shape index (κ2) is 9.18. The minimum Gasteiger partial charge on any atom is -0.478 e. The Morgan fingerprint density at radius 2 is 1.67 bits per heavy atom. The lowest BCUT2D eigenvalue weighted by atomic mass is 10.0. The lowest BCUT2D eigenvalue weighted by Crippen LogP contribution is -2.32. The minimum absolute atomic E-state index is 0.346. The van der Waals surface area contributed by atoms with Gasteiger partial charge in [0.15, 0.2) is 0 Å². The molecule has 4 rings (SSSR count). The van der Waals surface area contributed by atoms with Gasteiger partial charge in [-0.05, 0) is 62.7 Å². The number of aromatic carboxylic acids is 1. The molecule has 0 saturated carbocycles. The molecule has 30 heavy (non-hydrogen) atoms. The van der Waals surface area contributed by atoms with Crippen LogP contribution in [-0.2, 0) is 6.54 Å². The first-order chi connectivity index (χ1) is 14.6. The van der Waals surface area contributed by atoms with Crippen molar-refractivity contribution in [1.29, 1.82) is 0 Å². The largest absolute Gasteiger partial charge is 0.478 e. The van der Waals surface area contributed by atoms with Gasteiger partial charge in [0.1, 0.15) is 11.5 Å². The van der Waals surface area contributed by atoms with Gasteiger partial charge in [-0.1, -0.05) is 36.8 Å². The van der Waals surface area contributed by atoms with Crippen LogP contribution in [0.15, 0.2) is 60.8 Å². The minimum atomic E-state index is -0.896. The van der Waals surface area contributed by atoms with E-state index in [1.165, 1.54) is 19.3 Å². The third-order valence-corrected chi connectivity index (χ3v) is 5.78. The molecule has 1 aromatic heterocycles. The molecule has 5 heteroatoms. The number of hydrogen-bond donors (Lipinski definition) is 1. The second-order valence-corrected chi connectivity index (χ2v) is 7.83. The van der Waals surface area contributed by atoms with Crippen molar-refractivity contribution in [3.05, 3.63) is 71.9 Å². The number of likely N-dealkylation sites (tertiary alicyclic amines) is 1. The number of carboxylic acid groups (broad SMARTS) is 1. The van der Waals surface area contributed by atoms with Gasteiger partial charge in [0.2, 0.25) is 0 Å². The fourth-order valence-corrected chi connectivity index (χ4v) is 4.21. The number of rotatable bonds is 7. The predicted octanol–water partition coefficient (Wildman–Crippen LogP) is 5.44. The first-order valence-electron chi connectivity index (χ1n) is 10.6. The molecule has 0 spiro atoms. The predicted molar refractivity (Wildman–Crippen MR) is 118 cm³/mol. The van der Waals surface area contributed by atoms with Gasteiger partial charge in [0, 0.05) is 24.8 Å². The molecule has 1 aliphatic heterocycles. The molecule has 0 radical (unpaired) electrons. The molecule has 0 bridgehead atoms. The maximum atomic E-state index is 11.8. The summed E-state index contributed by atoms with van der Waals surface area (Å²) in [5, 5.41) is 9.72. The number of piperidine rings is 1. The summed E-state index contributed by atoms with van der Waals surface area (Å²) in [6.07, 6.45) is 5.56. The van der Waals surface area contributed by atoms with Gasteiger partial charge in [0.25, 0.3) is 0 Å². The summed E-state index contributed by atoms with van der Waals surface area (Å²) in [5.74, 6) is 0.584. The molecule has 1 aliphatic rings. The second-order valence-electron chi connectivity index (χ2n) is 7.83. The van der Waals surface area contributed by atoms with E-state index in [0.29, 0.717) is 5.56 Å². The van der Waals surface area contributed by atoms with Crippen LogP contribution in [-0.4, -0.2) is 40.2 Å². The highest BCUT2D eigenvalue weighted by Gasteiger charge is 2.21. The number of carbonyl (C=O) groups is 1. The van der Waals surface area contributed by atoms with E-state index in [-0.39, 0.29) is 0 Å². The molecule has 0 aliphatic carbocycles. The monoisotopic (exact) mass is 404 g/mol. The average molecular weight is 405 g/mol. The van der Waals surface area contributed by atoms with Crippen molar-refractivity contribution in [1.82, 2.24) is 9.47 Å². The number of aromatic nitrogens is 1. The van der Waals surface area contributed by atoms with Crippen LogP contribution in [0, 0.1) is 6.92 Å². The summed E-state index contributed by atoms with van der Waals surface area (Å²) < 4.78 is 8.25. The normalized spacial score (nSPS) is 14.6. The van der Waals surface area contributed by atoms with E-state index in [0.717, 1.165) is 54.5 Å². The number of para-hydroxylation sites is 2. The SMILES string of the molecule is Cc1c(C(=O)O)cn(CCN2CCCCC2)c1-c1ccccc1Oc1ccccc1. The summed E-state index contributed by atoms with van der Waals surface area (Å²) in [4.78, 5) is 14.3. The summed E-state index contributed by atoms with van der Waals surface area (Å²) in [6.45, 7) is 5.80. The van der Waals surface area contributed by atoms with Crippen molar-refractivity contribution in [2.45, 2.75) is 32.7 Å². The van der Waals surface area contributed by atoms with Crippen LogP contribution in [0.4, 0.5) is 0 Å². The van der Waals surface area contributed by atoms with Crippen molar-refractivity contribution < 1.29 is 14.6 Å². The number of ether oxygens (including phenoxy) is 1. The number of benzene rings is 2. The summed E-state index contributed by atoms with van der Waals surface area (Å²) in [6, 6.07) is 17.5. The van der Waals surface area contributed by atoms with Crippen molar-refractivity contribution in [3.8, 4) is 22.8 Å². The van der Waals surface area contributed by atoms with Crippen molar-refractivity contribution in [3.63, 3.8) is 0 Å². The Balaban J connectivity index is 1.69. The van der Waals surface area contributed by atoms with Gasteiger partial charge in [-0.15, -0.1) is 0 Å². The van der Waals surface area contributed by atoms with Gasteiger partial charge in [-0.2, -0.15) is 0 Å². The van der Waals surface area contributed by atoms with Crippen LogP contribution >= 0.6 is 0 Å². The average Bonchev–Trinajstić information content (AvgIpc) is 3.10. The molecule has 0 amide bonds.